The number of ether oxygens (including phenoxy) is 1. The summed E-state index contributed by atoms with van der Waals surface area (Å²) >= 11 is 0. The first kappa shape index (κ1) is 24.5. The maximum absolute atomic E-state index is 12.2. The van der Waals surface area contributed by atoms with Crippen molar-refractivity contribution in [2.75, 3.05) is 18.4 Å². The second kappa shape index (κ2) is 10.2. The first-order valence-electron chi connectivity index (χ1n) is 11.2. The van der Waals surface area contributed by atoms with Gasteiger partial charge in [-0.3, -0.25) is 4.90 Å². The van der Waals surface area contributed by atoms with Gasteiger partial charge >= 0.3 is 12.1 Å². The number of hydrogen-bond acceptors (Lipinski definition) is 7. The minimum Gasteiger partial charge on any atom is -0.444 e. The van der Waals surface area contributed by atoms with Crippen molar-refractivity contribution < 1.29 is 18.8 Å². The number of likely N-dealkylation sites (tertiary alicyclic amines) is 1. The summed E-state index contributed by atoms with van der Waals surface area (Å²) < 4.78 is 10.7. The molecule has 2 aromatic rings. The van der Waals surface area contributed by atoms with Crippen molar-refractivity contribution in [3.63, 3.8) is 0 Å². The van der Waals surface area contributed by atoms with E-state index in [-0.39, 0.29) is 12.1 Å². The fraction of sp³-hybridized carbons (Fsp3) is 0.565. The Bertz CT molecular complexity index is 930. The average molecular weight is 459 g/mol. The maximum Gasteiger partial charge on any atom is 0.408 e. The van der Waals surface area contributed by atoms with Crippen molar-refractivity contribution in [2.24, 2.45) is 0 Å². The summed E-state index contributed by atoms with van der Waals surface area (Å²) in [6, 6.07) is 9.29. The molecule has 1 aromatic carbocycles. The van der Waals surface area contributed by atoms with Gasteiger partial charge in [0.25, 0.3) is 0 Å². The molecule has 2 heterocycles. The summed E-state index contributed by atoms with van der Waals surface area (Å²) in [5.41, 5.74) is -0.664. The minimum absolute atomic E-state index is 0.111. The lowest BCUT2D eigenvalue weighted by atomic mass is 10.1. The number of nitrogens with one attached hydrogen (secondary N) is 3. The third-order valence-electron chi connectivity index (χ3n) is 5.15. The molecule has 0 aliphatic carbocycles. The fourth-order valence-electron chi connectivity index (χ4n) is 3.49. The van der Waals surface area contributed by atoms with Crippen LogP contribution in [0.15, 0.2) is 34.9 Å². The number of hydrogen-bond donors (Lipinski definition) is 3. The number of amides is 3. The van der Waals surface area contributed by atoms with E-state index in [1.165, 1.54) is 0 Å². The van der Waals surface area contributed by atoms with E-state index in [0.717, 1.165) is 31.6 Å². The highest BCUT2D eigenvalue weighted by atomic mass is 16.6. The summed E-state index contributed by atoms with van der Waals surface area (Å²) in [6.45, 7) is 11.1. The number of alkyl carbamates (subject to hydrolysis) is 1. The van der Waals surface area contributed by atoms with E-state index in [9.17, 15) is 9.59 Å². The number of benzene rings is 1. The van der Waals surface area contributed by atoms with Gasteiger partial charge in [0, 0.05) is 24.8 Å². The van der Waals surface area contributed by atoms with E-state index in [4.69, 9.17) is 9.26 Å². The van der Waals surface area contributed by atoms with Gasteiger partial charge in [0.2, 0.25) is 5.89 Å². The van der Waals surface area contributed by atoms with Crippen LogP contribution >= 0.6 is 0 Å². The minimum atomic E-state index is -0.840. The van der Waals surface area contributed by atoms with Crippen molar-refractivity contribution in [3.05, 3.63) is 42.0 Å². The van der Waals surface area contributed by atoms with Crippen LogP contribution in [-0.2, 0) is 16.8 Å². The number of anilines is 1. The van der Waals surface area contributed by atoms with Crippen LogP contribution in [0.3, 0.4) is 0 Å². The zero-order chi connectivity index (χ0) is 24.1. The molecule has 3 rings (SSSR count). The van der Waals surface area contributed by atoms with Gasteiger partial charge in [-0.1, -0.05) is 23.4 Å². The zero-order valence-electron chi connectivity index (χ0n) is 20.0. The van der Waals surface area contributed by atoms with Crippen LogP contribution in [0.2, 0.25) is 0 Å². The van der Waals surface area contributed by atoms with Crippen molar-refractivity contribution >= 4 is 17.8 Å². The van der Waals surface area contributed by atoms with Crippen LogP contribution < -0.4 is 16.0 Å². The number of carbonyl (C=O) groups excluding carboxylic acids is 2. The predicted molar refractivity (Wildman–Crippen MR) is 124 cm³/mol. The first-order valence-corrected chi connectivity index (χ1v) is 11.2. The largest absolute Gasteiger partial charge is 0.444 e. The number of piperidine rings is 1. The molecule has 1 aliphatic rings. The molecular formula is C23H34N6O4. The van der Waals surface area contributed by atoms with Crippen LogP contribution in [0.5, 0.6) is 0 Å². The average Bonchev–Trinajstić information content (AvgIpc) is 3.18. The van der Waals surface area contributed by atoms with Crippen molar-refractivity contribution in [1.29, 1.82) is 0 Å². The number of carbonyl (C=O) groups is 2. The van der Waals surface area contributed by atoms with Gasteiger partial charge in [-0.15, -0.1) is 0 Å². The SMILES string of the molecule is CC(C)(C)OC(=O)NC(C)(C)c1noc(CN2CCC(NC(=O)Nc3ccccc3)CC2)n1. The van der Waals surface area contributed by atoms with E-state index >= 15 is 0 Å². The van der Waals surface area contributed by atoms with Gasteiger partial charge in [0.05, 0.1) is 6.54 Å². The van der Waals surface area contributed by atoms with Crippen molar-refractivity contribution in [1.82, 2.24) is 25.7 Å². The lowest BCUT2D eigenvalue weighted by Crippen LogP contribution is -2.45. The van der Waals surface area contributed by atoms with Crippen LogP contribution in [0.25, 0.3) is 0 Å². The predicted octanol–water partition coefficient (Wildman–Crippen LogP) is 3.62. The van der Waals surface area contributed by atoms with Crippen LogP contribution in [-0.4, -0.2) is 51.9 Å². The third-order valence-corrected chi connectivity index (χ3v) is 5.15. The molecule has 1 fully saturated rings. The highest BCUT2D eigenvalue weighted by molar-refractivity contribution is 5.89. The molecule has 3 N–H and O–H groups in total. The van der Waals surface area contributed by atoms with E-state index < -0.39 is 17.2 Å². The van der Waals surface area contributed by atoms with Gasteiger partial charge in [-0.05, 0) is 59.6 Å². The Morgan fingerprint density at radius 2 is 1.79 bits per heavy atom. The molecule has 0 unspecified atom stereocenters. The third kappa shape index (κ3) is 7.74. The smallest absolute Gasteiger partial charge is 0.408 e. The summed E-state index contributed by atoms with van der Waals surface area (Å²) in [5, 5.41) is 12.7. The highest BCUT2D eigenvalue weighted by Crippen LogP contribution is 2.20. The number of rotatable bonds is 6. The Hall–Kier alpha value is -3.14. The number of aromatic nitrogens is 2. The first-order chi connectivity index (χ1) is 15.5. The van der Waals surface area contributed by atoms with Crippen molar-refractivity contribution in [2.45, 2.75) is 71.2 Å². The molecule has 180 valence electrons. The molecule has 1 aliphatic heterocycles. The number of urea groups is 1. The molecule has 1 aromatic heterocycles. The zero-order valence-corrected chi connectivity index (χ0v) is 20.0. The summed E-state index contributed by atoms with van der Waals surface area (Å²) in [7, 11) is 0. The molecule has 3 amide bonds. The Morgan fingerprint density at radius 1 is 1.12 bits per heavy atom. The molecule has 0 spiro atoms. The van der Waals surface area contributed by atoms with Gasteiger partial charge < -0.3 is 25.2 Å². The van der Waals surface area contributed by atoms with Gasteiger partial charge in [0.15, 0.2) is 5.82 Å². The Balaban J connectivity index is 1.44. The summed E-state index contributed by atoms with van der Waals surface area (Å²) in [6.07, 6.45) is 1.12. The quantitative estimate of drug-likeness (QED) is 0.604. The van der Waals surface area contributed by atoms with Gasteiger partial charge in [-0.25, -0.2) is 9.59 Å². The normalized spacial score (nSPS) is 15.7. The number of para-hydroxylation sites is 1. The maximum atomic E-state index is 12.2. The lowest BCUT2D eigenvalue weighted by Gasteiger charge is -2.31. The molecule has 1 saturated heterocycles. The molecule has 0 radical (unpaired) electrons. The Labute approximate surface area is 194 Å². The molecule has 33 heavy (non-hydrogen) atoms. The summed E-state index contributed by atoms with van der Waals surface area (Å²) in [4.78, 5) is 31.0. The molecule has 10 heteroatoms. The van der Waals surface area contributed by atoms with E-state index in [1.807, 2.05) is 30.3 Å². The van der Waals surface area contributed by atoms with E-state index in [2.05, 4.69) is 31.0 Å². The lowest BCUT2D eigenvalue weighted by molar-refractivity contribution is 0.0465. The van der Waals surface area contributed by atoms with Crippen molar-refractivity contribution in [3.8, 4) is 0 Å². The summed E-state index contributed by atoms with van der Waals surface area (Å²) in [5.74, 6) is 0.870. The Morgan fingerprint density at radius 3 is 2.42 bits per heavy atom. The van der Waals surface area contributed by atoms with E-state index in [1.54, 1.807) is 34.6 Å². The fourth-order valence-corrected chi connectivity index (χ4v) is 3.49. The second-order valence-electron chi connectivity index (χ2n) is 9.78. The molecule has 0 atom stereocenters. The monoisotopic (exact) mass is 458 g/mol. The van der Waals surface area contributed by atoms with Gasteiger partial charge in [0.1, 0.15) is 11.1 Å². The number of nitrogens with zero attached hydrogens (tertiary/aromatic N) is 3. The van der Waals surface area contributed by atoms with Gasteiger partial charge in [-0.2, -0.15) is 4.98 Å². The highest BCUT2D eigenvalue weighted by Gasteiger charge is 2.31. The second-order valence-corrected chi connectivity index (χ2v) is 9.78. The molecule has 0 saturated carbocycles. The molecule has 0 bridgehead atoms. The molecule has 10 nitrogen and oxygen atoms in total. The van der Waals surface area contributed by atoms with E-state index in [0.29, 0.717) is 18.3 Å². The topological polar surface area (TPSA) is 122 Å². The standard InChI is InChI=1S/C23H34N6O4/c1-22(2,3)32-21(31)27-23(4,5)19-26-18(33-28-19)15-29-13-11-17(12-14-29)25-20(30)24-16-9-7-6-8-10-16/h6-10,17H,11-15H2,1-5H3,(H,27,31)(H2,24,25,30). The van der Waals surface area contributed by atoms with Crippen LogP contribution in [0.1, 0.15) is 59.2 Å². The van der Waals surface area contributed by atoms with Crippen LogP contribution in [0, 0.1) is 0 Å². The Kier molecular flexibility index (Phi) is 7.57. The molecular weight excluding hydrogens is 424 g/mol. The van der Waals surface area contributed by atoms with Crippen LogP contribution in [0.4, 0.5) is 15.3 Å².